The van der Waals surface area contributed by atoms with Gasteiger partial charge in [-0.15, -0.1) is 0 Å². The zero-order chi connectivity index (χ0) is 18.4. The first-order chi connectivity index (χ1) is 11.8. The smallest absolute Gasteiger partial charge is 0.323 e. The van der Waals surface area contributed by atoms with Crippen LogP contribution in [0.5, 0.6) is 0 Å². The number of carbonyl (C=O) groups is 3. The summed E-state index contributed by atoms with van der Waals surface area (Å²) in [5, 5.41) is 8.86. The van der Waals surface area contributed by atoms with E-state index in [9.17, 15) is 18.8 Å². The Morgan fingerprint density at radius 2 is 2.00 bits per heavy atom. The van der Waals surface area contributed by atoms with Crippen molar-refractivity contribution in [3.63, 3.8) is 0 Å². The summed E-state index contributed by atoms with van der Waals surface area (Å²) in [4.78, 5) is 37.6. The van der Waals surface area contributed by atoms with Crippen molar-refractivity contribution in [2.24, 2.45) is 0 Å². The number of benzene rings is 1. The monoisotopic (exact) mass is 352 g/mol. The van der Waals surface area contributed by atoms with Crippen molar-refractivity contribution in [1.29, 1.82) is 0 Å². The van der Waals surface area contributed by atoms with E-state index in [0.717, 1.165) is 0 Å². The van der Waals surface area contributed by atoms with Crippen LogP contribution in [0.25, 0.3) is 0 Å². The molecule has 1 N–H and O–H groups in total. The summed E-state index contributed by atoms with van der Waals surface area (Å²) >= 11 is 0. The van der Waals surface area contributed by atoms with Crippen LogP contribution in [0.2, 0.25) is 0 Å². The topological polar surface area (TPSA) is 87.2 Å². The fraction of sp³-hybridized carbons (Fsp3) is 0.471. The first-order valence-corrected chi connectivity index (χ1v) is 7.96. The van der Waals surface area contributed by atoms with Crippen molar-refractivity contribution in [3.8, 4) is 0 Å². The first kappa shape index (κ1) is 18.9. The van der Waals surface area contributed by atoms with Crippen molar-refractivity contribution in [2.45, 2.75) is 19.4 Å². The number of aliphatic carboxylic acids is 1. The van der Waals surface area contributed by atoms with E-state index in [1.807, 2.05) is 0 Å². The molecule has 7 nitrogen and oxygen atoms in total. The second kappa shape index (κ2) is 8.57. The van der Waals surface area contributed by atoms with Gasteiger partial charge in [0, 0.05) is 26.6 Å². The lowest BCUT2D eigenvalue weighted by atomic mass is 10.1. The first-order valence-electron chi connectivity index (χ1n) is 7.96. The van der Waals surface area contributed by atoms with Crippen LogP contribution in [-0.4, -0.2) is 71.6 Å². The van der Waals surface area contributed by atoms with Gasteiger partial charge in [-0.2, -0.15) is 0 Å². The van der Waals surface area contributed by atoms with E-state index in [2.05, 4.69) is 0 Å². The largest absolute Gasteiger partial charge is 0.480 e. The highest BCUT2D eigenvalue weighted by Crippen LogP contribution is 2.11. The maximum atomic E-state index is 12.9. The van der Waals surface area contributed by atoms with Crippen molar-refractivity contribution < 1.29 is 28.6 Å². The van der Waals surface area contributed by atoms with Crippen molar-refractivity contribution >= 4 is 17.8 Å². The summed E-state index contributed by atoms with van der Waals surface area (Å²) in [6.45, 7) is 2.03. The highest BCUT2D eigenvalue weighted by Gasteiger charge is 2.27. The van der Waals surface area contributed by atoms with Gasteiger partial charge in [-0.25, -0.2) is 4.39 Å². The lowest BCUT2D eigenvalue weighted by molar-refractivity contribution is -0.147. The summed E-state index contributed by atoms with van der Waals surface area (Å²) in [6, 6.07) is 5.74. The van der Waals surface area contributed by atoms with E-state index in [-0.39, 0.29) is 37.1 Å². The zero-order valence-electron chi connectivity index (χ0n) is 14.0. The molecule has 0 saturated carbocycles. The minimum absolute atomic E-state index is 0.113. The number of morpholine rings is 1. The summed E-state index contributed by atoms with van der Waals surface area (Å²) in [5.41, 5.74) is 0.714. The highest BCUT2D eigenvalue weighted by atomic mass is 19.1. The van der Waals surface area contributed by atoms with E-state index in [1.165, 1.54) is 24.0 Å². The normalized spacial score (nSPS) is 17.2. The molecule has 1 aliphatic rings. The van der Waals surface area contributed by atoms with Crippen LogP contribution in [0.1, 0.15) is 12.5 Å². The summed E-state index contributed by atoms with van der Waals surface area (Å²) in [6.07, 6.45) is -0.285. The number of carboxylic acid groups (broad SMARTS) is 1. The lowest BCUT2D eigenvalue weighted by Crippen LogP contribution is -2.51. The van der Waals surface area contributed by atoms with Gasteiger partial charge in [-0.1, -0.05) is 12.1 Å². The quantitative estimate of drug-likeness (QED) is 0.807. The van der Waals surface area contributed by atoms with Gasteiger partial charge in [0.15, 0.2) is 0 Å². The number of carboxylic acids is 1. The molecule has 1 saturated heterocycles. The standard InChI is InChI=1S/C17H21FN2O5/c1-12(21)20(11-17(23)24)10-15-9-19(6-7-25-15)16(22)8-13-2-4-14(18)5-3-13/h2-5,15H,6-11H2,1H3,(H,23,24). The van der Waals surface area contributed by atoms with Gasteiger partial charge in [0.05, 0.1) is 19.1 Å². The summed E-state index contributed by atoms with van der Waals surface area (Å²) in [7, 11) is 0. The predicted molar refractivity (Wildman–Crippen MR) is 86.3 cm³/mol. The van der Waals surface area contributed by atoms with E-state index in [0.29, 0.717) is 18.7 Å². The molecular weight excluding hydrogens is 331 g/mol. The lowest BCUT2D eigenvalue weighted by Gasteiger charge is -2.35. The van der Waals surface area contributed by atoms with Crippen LogP contribution in [0, 0.1) is 5.82 Å². The minimum Gasteiger partial charge on any atom is -0.480 e. The third-order valence-corrected chi connectivity index (χ3v) is 3.96. The van der Waals surface area contributed by atoms with Gasteiger partial charge in [0.25, 0.3) is 0 Å². The van der Waals surface area contributed by atoms with Crippen LogP contribution in [0.4, 0.5) is 4.39 Å². The Morgan fingerprint density at radius 1 is 1.32 bits per heavy atom. The second-order valence-electron chi connectivity index (χ2n) is 5.93. The van der Waals surface area contributed by atoms with E-state index in [4.69, 9.17) is 9.84 Å². The summed E-state index contributed by atoms with van der Waals surface area (Å²) < 4.78 is 18.5. The van der Waals surface area contributed by atoms with Crippen molar-refractivity contribution in [2.75, 3.05) is 32.8 Å². The number of amides is 2. The Morgan fingerprint density at radius 3 is 2.60 bits per heavy atom. The molecule has 0 spiro atoms. The zero-order valence-corrected chi connectivity index (χ0v) is 14.0. The molecule has 1 atom stereocenters. The Labute approximate surface area is 145 Å². The molecule has 8 heteroatoms. The van der Waals surface area contributed by atoms with Gasteiger partial charge in [-0.3, -0.25) is 14.4 Å². The molecule has 1 fully saturated rings. The van der Waals surface area contributed by atoms with Gasteiger partial charge >= 0.3 is 5.97 Å². The fourth-order valence-electron chi connectivity index (χ4n) is 2.66. The van der Waals surface area contributed by atoms with Crippen LogP contribution < -0.4 is 0 Å². The van der Waals surface area contributed by atoms with Gasteiger partial charge in [0.2, 0.25) is 11.8 Å². The third-order valence-electron chi connectivity index (χ3n) is 3.96. The molecular formula is C17H21FN2O5. The maximum Gasteiger partial charge on any atom is 0.323 e. The Balaban J connectivity index is 1.92. The second-order valence-corrected chi connectivity index (χ2v) is 5.93. The number of halogens is 1. The van der Waals surface area contributed by atoms with E-state index in [1.54, 1.807) is 17.0 Å². The Kier molecular flexibility index (Phi) is 6.46. The molecule has 2 rings (SSSR count). The molecule has 2 amide bonds. The third kappa shape index (κ3) is 5.82. The number of rotatable bonds is 6. The van der Waals surface area contributed by atoms with E-state index >= 15 is 0 Å². The van der Waals surface area contributed by atoms with Gasteiger partial charge in [-0.05, 0) is 17.7 Å². The SMILES string of the molecule is CC(=O)N(CC(=O)O)CC1CN(C(=O)Cc2ccc(F)cc2)CCO1. The molecule has 0 bridgehead atoms. The van der Waals surface area contributed by atoms with Crippen LogP contribution >= 0.6 is 0 Å². The molecule has 0 aliphatic carbocycles. The van der Waals surface area contributed by atoms with Crippen molar-refractivity contribution in [3.05, 3.63) is 35.6 Å². The molecule has 25 heavy (non-hydrogen) atoms. The Bertz CT molecular complexity index is 634. The number of ether oxygens (including phenoxy) is 1. The van der Waals surface area contributed by atoms with Gasteiger partial charge < -0.3 is 19.6 Å². The average Bonchev–Trinajstić information content (AvgIpc) is 2.56. The maximum absolute atomic E-state index is 12.9. The molecule has 1 aliphatic heterocycles. The summed E-state index contributed by atoms with van der Waals surface area (Å²) in [5.74, 6) is -1.94. The average molecular weight is 352 g/mol. The Hall–Kier alpha value is -2.48. The number of hydrogen-bond acceptors (Lipinski definition) is 4. The predicted octanol–water partition coefficient (Wildman–Crippen LogP) is 0.529. The van der Waals surface area contributed by atoms with Crippen LogP contribution in [0.3, 0.4) is 0 Å². The highest BCUT2D eigenvalue weighted by molar-refractivity contribution is 5.80. The van der Waals surface area contributed by atoms with Crippen LogP contribution in [0.15, 0.2) is 24.3 Å². The number of hydrogen-bond donors (Lipinski definition) is 1. The van der Waals surface area contributed by atoms with E-state index < -0.39 is 18.6 Å². The molecule has 1 unspecified atom stereocenters. The molecule has 0 radical (unpaired) electrons. The fourth-order valence-corrected chi connectivity index (χ4v) is 2.66. The molecule has 1 aromatic carbocycles. The molecule has 1 heterocycles. The van der Waals surface area contributed by atoms with Crippen molar-refractivity contribution in [1.82, 2.24) is 9.80 Å². The number of carbonyl (C=O) groups excluding carboxylic acids is 2. The molecule has 136 valence electrons. The number of nitrogens with zero attached hydrogens (tertiary/aromatic N) is 2. The van der Waals surface area contributed by atoms with Gasteiger partial charge in [0.1, 0.15) is 12.4 Å². The van der Waals surface area contributed by atoms with Crippen LogP contribution in [-0.2, 0) is 25.5 Å². The molecule has 0 aromatic heterocycles. The minimum atomic E-state index is -1.10. The molecule has 1 aromatic rings.